The molecule has 1 heterocycles. The number of nitrogens with one attached hydrogen (secondary N) is 1. The van der Waals surface area contributed by atoms with Gasteiger partial charge in [-0.1, -0.05) is 11.6 Å². The van der Waals surface area contributed by atoms with Crippen molar-refractivity contribution < 1.29 is 13.9 Å². The van der Waals surface area contributed by atoms with Crippen LogP contribution in [0.2, 0.25) is 10.2 Å². The summed E-state index contributed by atoms with van der Waals surface area (Å²) in [7, 11) is 0. The summed E-state index contributed by atoms with van der Waals surface area (Å²) < 4.78 is 13.3. The third kappa shape index (κ3) is 3.13. The highest BCUT2D eigenvalue weighted by atomic mass is 35.5. The van der Waals surface area contributed by atoms with Gasteiger partial charge >= 0.3 is 0 Å². The minimum Gasteiger partial charge on any atom is -0.618 e. The smallest absolute Gasteiger partial charge is 0.286 e. The van der Waals surface area contributed by atoms with Crippen molar-refractivity contribution in [2.75, 3.05) is 5.32 Å². The lowest BCUT2D eigenvalue weighted by Crippen LogP contribution is -2.29. The maximum absolute atomic E-state index is 13.0. The molecule has 19 heavy (non-hydrogen) atoms. The van der Waals surface area contributed by atoms with Crippen LogP contribution in [-0.4, -0.2) is 5.91 Å². The second kappa shape index (κ2) is 5.42. The molecule has 0 aliphatic rings. The molecule has 1 aromatic heterocycles. The molecule has 98 valence electrons. The van der Waals surface area contributed by atoms with Gasteiger partial charge in [-0.15, -0.1) is 0 Å². The van der Waals surface area contributed by atoms with Gasteiger partial charge in [0.05, 0.1) is 5.02 Å². The molecule has 2 aromatic rings. The van der Waals surface area contributed by atoms with E-state index in [1.165, 1.54) is 24.3 Å². The Kier molecular flexibility index (Phi) is 3.87. The minimum atomic E-state index is -0.580. The molecular weight excluding hydrogens is 294 g/mol. The third-order valence-corrected chi connectivity index (χ3v) is 2.89. The zero-order valence-electron chi connectivity index (χ0n) is 9.36. The average Bonchev–Trinajstić information content (AvgIpc) is 2.37. The predicted octanol–water partition coefficient (Wildman–Crippen LogP) is 3.02. The van der Waals surface area contributed by atoms with Crippen molar-refractivity contribution in [1.29, 1.82) is 0 Å². The van der Waals surface area contributed by atoms with Crippen molar-refractivity contribution >= 4 is 34.8 Å². The van der Waals surface area contributed by atoms with Crippen LogP contribution in [0.3, 0.4) is 0 Å². The van der Waals surface area contributed by atoms with Crippen LogP contribution in [0.25, 0.3) is 0 Å². The van der Waals surface area contributed by atoms with E-state index in [1.54, 1.807) is 0 Å². The summed E-state index contributed by atoms with van der Waals surface area (Å²) in [5, 5.41) is 13.6. The normalized spacial score (nSPS) is 10.3. The molecular formula is C12H7Cl2FN2O2. The molecule has 7 heteroatoms. The number of aromatic nitrogens is 1. The summed E-state index contributed by atoms with van der Waals surface area (Å²) in [4.78, 5) is 11.8. The number of amides is 1. The second-order valence-corrected chi connectivity index (χ2v) is 4.44. The number of rotatable bonds is 2. The molecule has 0 atom stereocenters. The van der Waals surface area contributed by atoms with E-state index >= 15 is 0 Å². The lowest BCUT2D eigenvalue weighted by Gasteiger charge is -2.06. The van der Waals surface area contributed by atoms with Crippen molar-refractivity contribution in [3.8, 4) is 0 Å². The number of halogens is 3. The molecule has 0 bridgehead atoms. The lowest BCUT2D eigenvalue weighted by atomic mass is 10.2. The van der Waals surface area contributed by atoms with Crippen LogP contribution in [0, 0.1) is 11.0 Å². The van der Waals surface area contributed by atoms with Gasteiger partial charge in [-0.3, -0.25) is 4.79 Å². The molecule has 0 aliphatic heterocycles. The Morgan fingerprint density at radius 3 is 2.63 bits per heavy atom. The second-order valence-electron chi connectivity index (χ2n) is 3.65. The fourth-order valence-electron chi connectivity index (χ4n) is 1.37. The Hall–Kier alpha value is -1.85. The van der Waals surface area contributed by atoms with Gasteiger partial charge in [0.25, 0.3) is 11.1 Å². The van der Waals surface area contributed by atoms with Gasteiger partial charge in [0.2, 0.25) is 0 Å². The summed E-state index contributed by atoms with van der Waals surface area (Å²) in [6.45, 7) is 0. The molecule has 0 saturated carbocycles. The van der Waals surface area contributed by atoms with Crippen LogP contribution in [0.4, 0.5) is 10.1 Å². The molecule has 1 aromatic carbocycles. The number of benzene rings is 1. The maximum atomic E-state index is 13.0. The van der Waals surface area contributed by atoms with Crippen LogP contribution in [0.5, 0.6) is 0 Å². The van der Waals surface area contributed by atoms with E-state index in [1.807, 2.05) is 0 Å². The Bertz CT molecular complexity index is 650. The topological polar surface area (TPSA) is 56.0 Å². The summed E-state index contributed by atoms with van der Waals surface area (Å²) in [6, 6.07) is 6.47. The fraction of sp³-hybridized carbons (Fsp3) is 0. The van der Waals surface area contributed by atoms with Gasteiger partial charge in [-0.25, -0.2) is 4.39 Å². The molecule has 0 saturated heterocycles. The molecule has 4 nitrogen and oxygen atoms in total. The highest BCUT2D eigenvalue weighted by Gasteiger charge is 2.12. The van der Waals surface area contributed by atoms with Gasteiger partial charge in [-0.2, -0.15) is 4.73 Å². The van der Waals surface area contributed by atoms with E-state index in [0.29, 0.717) is 10.4 Å². The Morgan fingerprint density at radius 2 is 2.00 bits per heavy atom. The van der Waals surface area contributed by atoms with Crippen LogP contribution >= 0.6 is 23.2 Å². The molecule has 0 aliphatic carbocycles. The number of carbonyl (C=O) groups is 1. The summed E-state index contributed by atoms with van der Waals surface area (Å²) in [5.74, 6) is -1.10. The average molecular weight is 301 g/mol. The summed E-state index contributed by atoms with van der Waals surface area (Å²) in [5.41, 5.74) is 0.448. The minimum absolute atomic E-state index is 0.0404. The van der Waals surface area contributed by atoms with E-state index in [-0.39, 0.29) is 15.7 Å². The van der Waals surface area contributed by atoms with Crippen LogP contribution in [0.15, 0.2) is 36.5 Å². The van der Waals surface area contributed by atoms with Crippen LogP contribution < -0.4 is 10.0 Å². The number of pyridine rings is 1. The number of carbonyl (C=O) groups excluding carboxylic acids is 1. The van der Waals surface area contributed by atoms with Crippen molar-refractivity contribution in [2.24, 2.45) is 0 Å². The molecule has 2 rings (SSSR count). The third-order valence-electron chi connectivity index (χ3n) is 2.31. The SMILES string of the molecule is O=C(Nc1ccc(F)c(Cl)c1)c1ccc(Cl)[n+]([O-])c1. The van der Waals surface area contributed by atoms with Crippen molar-refractivity contribution in [3.63, 3.8) is 0 Å². The van der Waals surface area contributed by atoms with Gasteiger partial charge in [0.1, 0.15) is 11.4 Å². The Balaban J connectivity index is 2.20. The highest BCUT2D eigenvalue weighted by Crippen LogP contribution is 2.19. The van der Waals surface area contributed by atoms with Crippen molar-refractivity contribution in [2.45, 2.75) is 0 Å². The standard InChI is InChI=1S/C12H7Cl2FN2O2/c13-9-5-8(2-3-10(9)15)16-12(18)7-1-4-11(14)17(19)6-7/h1-6H,(H,16,18). The molecule has 0 unspecified atom stereocenters. The van der Waals surface area contributed by atoms with Gasteiger partial charge in [0.15, 0.2) is 6.20 Å². The first-order chi connectivity index (χ1) is 8.97. The molecule has 0 fully saturated rings. The summed E-state index contributed by atoms with van der Waals surface area (Å²) in [6.07, 6.45) is 1.04. The molecule has 0 spiro atoms. The number of anilines is 1. The molecule has 1 N–H and O–H groups in total. The zero-order valence-corrected chi connectivity index (χ0v) is 10.9. The number of hydrogen-bond acceptors (Lipinski definition) is 2. The van der Waals surface area contributed by atoms with E-state index < -0.39 is 11.7 Å². The fourth-order valence-corrected chi connectivity index (χ4v) is 1.67. The van der Waals surface area contributed by atoms with Crippen molar-refractivity contribution in [1.82, 2.24) is 0 Å². The van der Waals surface area contributed by atoms with Crippen LogP contribution in [0.1, 0.15) is 10.4 Å². The quantitative estimate of drug-likeness (QED) is 0.526. The van der Waals surface area contributed by atoms with Crippen molar-refractivity contribution in [3.05, 3.63) is 63.3 Å². The Labute approximate surface area is 118 Å². The number of nitrogens with zero attached hydrogens (tertiary/aromatic N) is 1. The maximum Gasteiger partial charge on any atom is 0.286 e. The largest absolute Gasteiger partial charge is 0.618 e. The van der Waals surface area contributed by atoms with Gasteiger partial charge < -0.3 is 10.5 Å². The number of hydrogen-bond donors (Lipinski definition) is 1. The predicted molar refractivity (Wildman–Crippen MR) is 69.8 cm³/mol. The molecule has 1 amide bonds. The zero-order chi connectivity index (χ0) is 14.0. The molecule has 0 radical (unpaired) electrons. The van der Waals surface area contributed by atoms with Crippen LogP contribution in [-0.2, 0) is 0 Å². The Morgan fingerprint density at radius 1 is 1.26 bits per heavy atom. The summed E-state index contributed by atoms with van der Waals surface area (Å²) >= 11 is 11.1. The highest BCUT2D eigenvalue weighted by molar-refractivity contribution is 6.31. The first-order valence-electron chi connectivity index (χ1n) is 5.12. The first-order valence-corrected chi connectivity index (χ1v) is 5.88. The van der Waals surface area contributed by atoms with Gasteiger partial charge in [0, 0.05) is 11.8 Å². The first kappa shape index (κ1) is 13.6. The van der Waals surface area contributed by atoms with Gasteiger partial charge in [-0.05, 0) is 35.9 Å². The van der Waals surface area contributed by atoms with E-state index in [2.05, 4.69) is 5.32 Å². The van der Waals surface area contributed by atoms with E-state index in [9.17, 15) is 14.4 Å². The van der Waals surface area contributed by atoms with E-state index in [0.717, 1.165) is 12.3 Å². The van der Waals surface area contributed by atoms with E-state index in [4.69, 9.17) is 23.2 Å². The lowest BCUT2D eigenvalue weighted by molar-refractivity contribution is -0.603. The monoisotopic (exact) mass is 300 g/mol.